The zero-order valence-corrected chi connectivity index (χ0v) is 28.3. The van der Waals surface area contributed by atoms with Crippen molar-refractivity contribution >= 4 is 23.9 Å². The fourth-order valence-corrected chi connectivity index (χ4v) is 6.70. The van der Waals surface area contributed by atoms with E-state index in [1.165, 1.54) is 6.92 Å². The molecule has 0 bridgehead atoms. The Bertz CT molecular complexity index is 1080. The molecule has 3 N–H and O–H groups in total. The number of cyclic esters (lactones) is 1. The van der Waals surface area contributed by atoms with Crippen LogP contribution in [0.25, 0.3) is 0 Å². The number of hydrogen-bond donors (Lipinski definition) is 3. The highest BCUT2D eigenvalue weighted by Crippen LogP contribution is 2.45. The Morgan fingerprint density at radius 3 is 2.49 bits per heavy atom. The summed E-state index contributed by atoms with van der Waals surface area (Å²) in [7, 11) is 3.77. The largest absolute Gasteiger partial charge is 0.462 e. The van der Waals surface area contributed by atoms with Crippen LogP contribution < -0.4 is 5.43 Å². The highest BCUT2D eigenvalue weighted by atomic mass is 16.7. The van der Waals surface area contributed by atoms with E-state index in [4.69, 9.17) is 18.9 Å². The number of carbonyl (C=O) groups is 3. The minimum absolute atomic E-state index is 0.0883. The van der Waals surface area contributed by atoms with Gasteiger partial charge in [0.15, 0.2) is 12.1 Å². The van der Waals surface area contributed by atoms with Crippen molar-refractivity contribution in [2.75, 3.05) is 14.1 Å². The van der Waals surface area contributed by atoms with Crippen LogP contribution in [0, 0.1) is 23.7 Å². The van der Waals surface area contributed by atoms with Gasteiger partial charge >= 0.3 is 5.97 Å². The van der Waals surface area contributed by atoms with Crippen LogP contribution in [0.3, 0.4) is 0 Å². The highest BCUT2D eigenvalue weighted by Gasteiger charge is 2.55. The SMILES string of the molecule is CCC1OC(=O)CC(O)C(C)C(OC2OC(C)CC(N(C)C)C2O)C(CC=NNC(C)=O)CC(C)C(=O)C=CC2(C)OC2C1C. The molecule has 13 unspecified atom stereocenters. The van der Waals surface area contributed by atoms with E-state index in [-0.39, 0.29) is 48.7 Å². The van der Waals surface area contributed by atoms with Crippen molar-refractivity contribution in [3.05, 3.63) is 12.2 Å². The van der Waals surface area contributed by atoms with Gasteiger partial charge in [-0.1, -0.05) is 27.7 Å². The van der Waals surface area contributed by atoms with Crippen LogP contribution in [0.5, 0.6) is 0 Å². The summed E-state index contributed by atoms with van der Waals surface area (Å²) in [4.78, 5) is 39.9. The smallest absolute Gasteiger partial charge is 0.308 e. The molecular formula is C33H55N3O9. The van der Waals surface area contributed by atoms with Gasteiger partial charge in [0, 0.05) is 36.9 Å². The number of amides is 1. The number of aliphatic hydroxyl groups excluding tert-OH is 2. The van der Waals surface area contributed by atoms with Gasteiger partial charge in [0.2, 0.25) is 5.91 Å². The number of allylic oxidation sites excluding steroid dienone is 1. The molecule has 2 saturated heterocycles. The van der Waals surface area contributed by atoms with E-state index >= 15 is 0 Å². The third-order valence-corrected chi connectivity index (χ3v) is 9.61. The first-order valence-corrected chi connectivity index (χ1v) is 16.3. The predicted molar refractivity (Wildman–Crippen MR) is 168 cm³/mol. The van der Waals surface area contributed by atoms with Crippen LogP contribution in [0.15, 0.2) is 17.3 Å². The van der Waals surface area contributed by atoms with Gasteiger partial charge < -0.3 is 34.1 Å². The zero-order chi connectivity index (χ0) is 33.6. The summed E-state index contributed by atoms with van der Waals surface area (Å²) >= 11 is 0. The van der Waals surface area contributed by atoms with Crippen LogP contribution in [0.4, 0.5) is 0 Å². The van der Waals surface area contributed by atoms with E-state index in [1.54, 1.807) is 25.3 Å². The molecule has 3 aliphatic rings. The molecule has 0 aromatic rings. The van der Waals surface area contributed by atoms with Crippen molar-refractivity contribution in [2.45, 2.75) is 135 Å². The Morgan fingerprint density at radius 2 is 1.87 bits per heavy atom. The average molecular weight is 638 g/mol. The molecule has 12 nitrogen and oxygen atoms in total. The topological polar surface area (TPSA) is 160 Å². The normalized spacial score (nSPS) is 42.0. The van der Waals surface area contributed by atoms with Gasteiger partial charge in [-0.05, 0) is 71.7 Å². The van der Waals surface area contributed by atoms with Crippen molar-refractivity contribution in [2.24, 2.45) is 28.8 Å². The molecule has 256 valence electrons. The van der Waals surface area contributed by atoms with Gasteiger partial charge in [-0.25, -0.2) is 5.43 Å². The second kappa shape index (κ2) is 16.1. The lowest BCUT2D eigenvalue weighted by molar-refractivity contribution is -0.282. The summed E-state index contributed by atoms with van der Waals surface area (Å²) in [5.41, 5.74) is 1.75. The van der Waals surface area contributed by atoms with Crippen LogP contribution in [0.2, 0.25) is 0 Å². The quantitative estimate of drug-likeness (QED) is 0.164. The number of ether oxygens (including phenoxy) is 4. The monoisotopic (exact) mass is 637 g/mol. The Hall–Kier alpha value is -2.22. The Labute approximate surface area is 267 Å². The van der Waals surface area contributed by atoms with E-state index in [0.29, 0.717) is 19.3 Å². The number of epoxide rings is 1. The molecule has 45 heavy (non-hydrogen) atoms. The standard InChI is InChI=1S/C33H55N3O9/c1-10-27-21(5)31-33(7,45-31)13-11-25(38)18(2)15-23(12-14-34-35-22(6)37)30(20(4)26(39)17-28(40)43-27)44-32-29(41)24(36(8)9)16-19(3)42-32/h11,13-14,18-21,23-24,26-27,29-32,39,41H,10,12,15-17H2,1-9H3,(H,35,37). The first kappa shape index (κ1) is 37.2. The first-order valence-electron chi connectivity index (χ1n) is 16.3. The van der Waals surface area contributed by atoms with E-state index in [9.17, 15) is 24.6 Å². The summed E-state index contributed by atoms with van der Waals surface area (Å²) in [6, 6.07) is -0.228. The fourth-order valence-electron chi connectivity index (χ4n) is 6.70. The number of esters is 1. The molecule has 0 spiro atoms. The molecule has 0 aromatic heterocycles. The molecule has 0 radical (unpaired) electrons. The zero-order valence-electron chi connectivity index (χ0n) is 28.3. The number of ketones is 1. The van der Waals surface area contributed by atoms with Gasteiger partial charge in [-0.2, -0.15) is 5.10 Å². The van der Waals surface area contributed by atoms with Gasteiger partial charge in [-0.3, -0.25) is 14.4 Å². The number of hydrazone groups is 1. The Morgan fingerprint density at radius 1 is 1.18 bits per heavy atom. The number of nitrogens with zero attached hydrogens (tertiary/aromatic N) is 2. The molecule has 12 heteroatoms. The average Bonchev–Trinajstić information content (AvgIpc) is 3.65. The van der Waals surface area contributed by atoms with Gasteiger partial charge in [0.25, 0.3) is 0 Å². The van der Waals surface area contributed by atoms with E-state index in [0.717, 1.165) is 0 Å². The molecular weight excluding hydrogens is 582 g/mol. The van der Waals surface area contributed by atoms with Crippen LogP contribution in [-0.4, -0.2) is 108 Å². The lowest BCUT2D eigenvalue weighted by Gasteiger charge is -2.44. The third kappa shape index (κ3) is 9.89. The van der Waals surface area contributed by atoms with Gasteiger partial charge in [-0.15, -0.1) is 0 Å². The van der Waals surface area contributed by atoms with Crippen molar-refractivity contribution in [1.82, 2.24) is 10.3 Å². The van der Waals surface area contributed by atoms with Crippen LogP contribution in [0.1, 0.15) is 80.6 Å². The lowest BCUT2D eigenvalue weighted by atomic mass is 9.79. The number of hydrogen-bond acceptors (Lipinski definition) is 11. The van der Waals surface area contributed by atoms with Crippen molar-refractivity contribution in [3.63, 3.8) is 0 Å². The first-order chi connectivity index (χ1) is 21.1. The Balaban J connectivity index is 2.01. The highest BCUT2D eigenvalue weighted by molar-refractivity contribution is 5.91. The molecule has 0 aromatic carbocycles. The summed E-state index contributed by atoms with van der Waals surface area (Å²) in [5, 5.41) is 26.7. The fraction of sp³-hybridized carbons (Fsp3) is 0.818. The van der Waals surface area contributed by atoms with Gasteiger partial charge in [0.1, 0.15) is 17.8 Å². The molecule has 2 fully saturated rings. The summed E-state index contributed by atoms with van der Waals surface area (Å²) in [6.45, 7) is 12.7. The molecule has 1 amide bonds. The van der Waals surface area contributed by atoms with Crippen molar-refractivity contribution in [1.29, 1.82) is 0 Å². The maximum absolute atomic E-state index is 13.4. The number of aliphatic hydroxyl groups is 2. The van der Waals surface area contributed by atoms with Crippen molar-refractivity contribution < 1.29 is 43.5 Å². The summed E-state index contributed by atoms with van der Waals surface area (Å²) in [5.74, 6) is -2.57. The molecule has 3 heterocycles. The molecule has 0 aliphatic carbocycles. The predicted octanol–water partition coefficient (Wildman–Crippen LogP) is 2.59. The minimum Gasteiger partial charge on any atom is -0.462 e. The van der Waals surface area contributed by atoms with Crippen LogP contribution >= 0.6 is 0 Å². The van der Waals surface area contributed by atoms with Crippen molar-refractivity contribution in [3.8, 4) is 0 Å². The summed E-state index contributed by atoms with van der Waals surface area (Å²) < 4.78 is 24.5. The van der Waals surface area contributed by atoms with E-state index < -0.39 is 60.0 Å². The number of nitrogens with one attached hydrogen (secondary N) is 1. The van der Waals surface area contributed by atoms with E-state index in [2.05, 4.69) is 10.5 Å². The minimum atomic E-state index is -1.16. The number of carbonyl (C=O) groups excluding carboxylic acids is 3. The van der Waals surface area contributed by atoms with Gasteiger partial charge in [0.05, 0.1) is 30.8 Å². The Kier molecular flexibility index (Phi) is 13.3. The van der Waals surface area contributed by atoms with E-state index in [1.807, 2.05) is 53.6 Å². The molecule has 13 atom stereocenters. The number of fused-ring (bicyclic) bond motifs is 1. The molecule has 3 aliphatic heterocycles. The second-order valence-electron chi connectivity index (χ2n) is 13.7. The maximum Gasteiger partial charge on any atom is 0.308 e. The number of rotatable bonds is 7. The maximum atomic E-state index is 13.4. The lowest BCUT2D eigenvalue weighted by Crippen LogP contribution is -2.56. The third-order valence-electron chi connectivity index (χ3n) is 9.61. The van der Waals surface area contributed by atoms with Crippen LogP contribution in [-0.2, 0) is 33.3 Å². The summed E-state index contributed by atoms with van der Waals surface area (Å²) in [6.07, 6.45) is 1.63. The molecule has 3 rings (SSSR count). The number of likely N-dealkylation sites (N-methyl/N-ethyl adjacent to an activating group) is 1. The molecule has 0 saturated carbocycles. The second-order valence-corrected chi connectivity index (χ2v) is 13.7.